The van der Waals surface area contributed by atoms with Crippen molar-refractivity contribution >= 4 is 0 Å². The minimum atomic E-state index is -0.768. The van der Waals surface area contributed by atoms with Crippen LogP contribution < -0.4 is 4.74 Å². The zero-order valence-electron chi connectivity index (χ0n) is 14.8. The number of nitrogens with zero attached hydrogens (tertiary/aromatic N) is 2. The van der Waals surface area contributed by atoms with Crippen LogP contribution in [-0.4, -0.2) is 35.2 Å². The molecule has 0 amide bonds. The van der Waals surface area contributed by atoms with Gasteiger partial charge in [-0.3, -0.25) is 9.88 Å². The second-order valence-corrected chi connectivity index (χ2v) is 7.41. The van der Waals surface area contributed by atoms with Crippen LogP contribution in [0.15, 0.2) is 48.7 Å². The van der Waals surface area contributed by atoms with E-state index in [4.69, 9.17) is 4.74 Å². The van der Waals surface area contributed by atoms with Crippen molar-refractivity contribution in [1.29, 1.82) is 0 Å². The molecule has 2 aromatic rings. The number of fused-ring (bicyclic) bond motifs is 2. The molecule has 0 unspecified atom stereocenters. The van der Waals surface area contributed by atoms with E-state index in [1.807, 2.05) is 30.3 Å². The Morgan fingerprint density at radius 3 is 2.44 bits per heavy atom. The highest BCUT2D eigenvalue weighted by Gasteiger charge is 2.52. The van der Waals surface area contributed by atoms with Crippen LogP contribution in [-0.2, 0) is 12.1 Å². The van der Waals surface area contributed by atoms with E-state index in [0.717, 1.165) is 43.9 Å². The molecule has 2 aliphatic rings. The minimum absolute atomic E-state index is 0.258. The largest absolute Gasteiger partial charge is 0.497 e. The van der Waals surface area contributed by atoms with Crippen LogP contribution in [0.1, 0.15) is 30.5 Å². The minimum Gasteiger partial charge on any atom is -0.497 e. The molecule has 25 heavy (non-hydrogen) atoms. The molecule has 1 saturated carbocycles. The zero-order chi connectivity index (χ0) is 17.3. The fraction of sp³-hybridized carbons (Fsp3) is 0.476. The number of hydrogen-bond acceptors (Lipinski definition) is 4. The number of ether oxygens (including phenoxy) is 1. The Bertz CT molecular complexity index is 688. The summed E-state index contributed by atoms with van der Waals surface area (Å²) in [4.78, 5) is 7.00. The van der Waals surface area contributed by atoms with Crippen molar-refractivity contribution in [3.63, 3.8) is 0 Å². The summed E-state index contributed by atoms with van der Waals surface area (Å²) >= 11 is 0. The second kappa shape index (κ2) is 6.77. The van der Waals surface area contributed by atoms with E-state index in [2.05, 4.69) is 22.0 Å². The maximum Gasteiger partial charge on any atom is 0.118 e. The first-order valence-electron chi connectivity index (χ1n) is 9.19. The van der Waals surface area contributed by atoms with Gasteiger partial charge in [-0.25, -0.2) is 0 Å². The standard InChI is InChI=1S/C21H26N2O2/c1-25-19-10-8-16(9-11-19)13-23-14-17-5-4-6-18(15-23)21(17,24)20-7-2-3-12-22-20/h2-3,7-12,17-18,24H,4-6,13-15H2,1H3/t17-,18-/m0/s1. The molecule has 4 rings (SSSR count). The molecule has 2 fully saturated rings. The van der Waals surface area contributed by atoms with Gasteiger partial charge in [-0.1, -0.05) is 24.6 Å². The topological polar surface area (TPSA) is 45.6 Å². The summed E-state index contributed by atoms with van der Waals surface area (Å²) in [7, 11) is 1.69. The molecule has 0 radical (unpaired) electrons. The van der Waals surface area contributed by atoms with E-state index in [-0.39, 0.29) is 11.8 Å². The number of pyridine rings is 1. The van der Waals surface area contributed by atoms with E-state index in [9.17, 15) is 5.11 Å². The molecule has 2 bridgehead atoms. The third kappa shape index (κ3) is 3.05. The molecule has 1 aromatic carbocycles. The Hall–Kier alpha value is -1.91. The molecule has 2 heterocycles. The van der Waals surface area contributed by atoms with Crippen LogP contribution in [0.25, 0.3) is 0 Å². The normalized spacial score (nSPS) is 29.4. The summed E-state index contributed by atoms with van der Waals surface area (Å²) in [5.41, 5.74) is 1.38. The van der Waals surface area contributed by atoms with Gasteiger partial charge in [0.25, 0.3) is 0 Å². The van der Waals surface area contributed by atoms with Gasteiger partial charge < -0.3 is 9.84 Å². The Labute approximate surface area is 149 Å². The van der Waals surface area contributed by atoms with Gasteiger partial charge in [-0.15, -0.1) is 0 Å². The molecular formula is C21H26N2O2. The van der Waals surface area contributed by atoms with Crippen molar-refractivity contribution < 1.29 is 9.84 Å². The van der Waals surface area contributed by atoms with Gasteiger partial charge in [-0.2, -0.15) is 0 Å². The van der Waals surface area contributed by atoms with Crippen molar-refractivity contribution in [3.8, 4) is 5.75 Å². The van der Waals surface area contributed by atoms with Gasteiger partial charge in [0.05, 0.1) is 12.8 Å². The molecular weight excluding hydrogens is 312 g/mol. The Kier molecular flexibility index (Phi) is 4.48. The molecule has 1 N–H and O–H groups in total. The Balaban J connectivity index is 1.53. The van der Waals surface area contributed by atoms with Gasteiger partial charge in [0, 0.05) is 37.7 Å². The third-order valence-corrected chi connectivity index (χ3v) is 5.95. The van der Waals surface area contributed by atoms with Crippen molar-refractivity contribution in [2.24, 2.45) is 11.8 Å². The molecule has 1 aromatic heterocycles. The molecule has 132 valence electrons. The maximum absolute atomic E-state index is 11.6. The average molecular weight is 338 g/mol. The second-order valence-electron chi connectivity index (χ2n) is 7.41. The third-order valence-electron chi connectivity index (χ3n) is 5.95. The fourth-order valence-electron chi connectivity index (χ4n) is 4.68. The lowest BCUT2D eigenvalue weighted by Crippen LogP contribution is -2.58. The fourth-order valence-corrected chi connectivity index (χ4v) is 4.68. The zero-order valence-corrected chi connectivity index (χ0v) is 14.8. The van der Waals surface area contributed by atoms with Gasteiger partial charge in [-0.05, 0) is 42.7 Å². The first-order valence-corrected chi connectivity index (χ1v) is 9.19. The van der Waals surface area contributed by atoms with E-state index in [0.29, 0.717) is 0 Å². The molecule has 0 spiro atoms. The van der Waals surface area contributed by atoms with Crippen molar-refractivity contribution in [2.75, 3.05) is 20.2 Å². The predicted octanol–water partition coefficient (Wildman–Crippen LogP) is 3.21. The SMILES string of the molecule is COc1ccc(CN2C[C@@H]3CCC[C@@H](C2)C3(O)c2ccccn2)cc1. The highest BCUT2D eigenvalue weighted by atomic mass is 16.5. The summed E-state index contributed by atoms with van der Waals surface area (Å²) < 4.78 is 5.24. The number of hydrogen-bond donors (Lipinski definition) is 1. The smallest absolute Gasteiger partial charge is 0.118 e. The van der Waals surface area contributed by atoms with Crippen LogP contribution in [0.2, 0.25) is 0 Å². The van der Waals surface area contributed by atoms with Crippen LogP contribution >= 0.6 is 0 Å². The van der Waals surface area contributed by atoms with Crippen molar-refractivity contribution in [2.45, 2.75) is 31.4 Å². The molecule has 1 saturated heterocycles. The summed E-state index contributed by atoms with van der Waals surface area (Å²) in [5.74, 6) is 1.41. The van der Waals surface area contributed by atoms with E-state index in [1.165, 1.54) is 12.0 Å². The van der Waals surface area contributed by atoms with Crippen molar-refractivity contribution in [3.05, 3.63) is 59.9 Å². The van der Waals surface area contributed by atoms with Crippen LogP contribution in [0.5, 0.6) is 5.75 Å². The quantitative estimate of drug-likeness (QED) is 0.930. The summed E-state index contributed by atoms with van der Waals surface area (Å²) in [6, 6.07) is 14.2. The number of rotatable bonds is 4. The van der Waals surface area contributed by atoms with E-state index >= 15 is 0 Å². The number of benzene rings is 1. The highest BCUT2D eigenvalue weighted by molar-refractivity contribution is 5.27. The van der Waals surface area contributed by atoms with Crippen LogP contribution in [0, 0.1) is 11.8 Å². The van der Waals surface area contributed by atoms with Gasteiger partial charge >= 0.3 is 0 Å². The van der Waals surface area contributed by atoms with Crippen LogP contribution in [0.3, 0.4) is 0 Å². The van der Waals surface area contributed by atoms with Gasteiger partial charge in [0.1, 0.15) is 11.4 Å². The number of aliphatic hydroxyl groups is 1. The highest BCUT2D eigenvalue weighted by Crippen LogP contribution is 2.48. The number of methoxy groups -OCH3 is 1. The summed E-state index contributed by atoms with van der Waals surface area (Å²) in [5, 5.41) is 11.6. The lowest BCUT2D eigenvalue weighted by atomic mass is 9.64. The summed E-state index contributed by atoms with van der Waals surface area (Å²) in [6.45, 7) is 2.78. The van der Waals surface area contributed by atoms with Crippen LogP contribution in [0.4, 0.5) is 0 Å². The molecule has 1 aliphatic heterocycles. The Morgan fingerprint density at radius 1 is 1.12 bits per heavy atom. The molecule has 2 atom stereocenters. The molecule has 4 heteroatoms. The average Bonchev–Trinajstić information content (AvgIpc) is 2.64. The van der Waals surface area contributed by atoms with Gasteiger partial charge in [0.2, 0.25) is 0 Å². The number of piperidine rings is 1. The monoisotopic (exact) mass is 338 g/mol. The maximum atomic E-state index is 11.6. The first-order chi connectivity index (χ1) is 12.2. The van der Waals surface area contributed by atoms with Gasteiger partial charge in [0.15, 0.2) is 0 Å². The lowest BCUT2D eigenvalue weighted by molar-refractivity contribution is -0.151. The predicted molar refractivity (Wildman–Crippen MR) is 97.2 cm³/mol. The van der Waals surface area contributed by atoms with E-state index < -0.39 is 5.60 Å². The number of aromatic nitrogens is 1. The summed E-state index contributed by atoms with van der Waals surface area (Å²) in [6.07, 6.45) is 5.15. The first kappa shape index (κ1) is 16.6. The molecule has 4 nitrogen and oxygen atoms in total. The van der Waals surface area contributed by atoms with Crippen molar-refractivity contribution in [1.82, 2.24) is 9.88 Å². The lowest BCUT2D eigenvalue weighted by Gasteiger charge is -2.52. The Morgan fingerprint density at radius 2 is 1.84 bits per heavy atom. The molecule has 1 aliphatic carbocycles. The number of likely N-dealkylation sites (tertiary alicyclic amines) is 1. The van der Waals surface area contributed by atoms with E-state index in [1.54, 1.807) is 13.3 Å².